The summed E-state index contributed by atoms with van der Waals surface area (Å²) in [4.78, 5) is 16.5. The lowest BCUT2D eigenvalue weighted by molar-refractivity contribution is -0.160. The number of hydrogen-bond acceptors (Lipinski definition) is 5. The second kappa shape index (κ2) is 7.89. The van der Waals surface area contributed by atoms with Gasteiger partial charge >= 0.3 is 6.18 Å². The fourth-order valence-corrected chi connectivity index (χ4v) is 3.56. The molecule has 0 amide bonds. The molecule has 3 aromatic rings. The van der Waals surface area contributed by atoms with Gasteiger partial charge in [0.25, 0.3) is 0 Å². The second-order valence-electron chi connectivity index (χ2n) is 6.23. The molecule has 0 aliphatic carbocycles. The van der Waals surface area contributed by atoms with Crippen LogP contribution in [0.25, 0.3) is 5.69 Å². The summed E-state index contributed by atoms with van der Waals surface area (Å²) in [6, 6.07) is 7.59. The van der Waals surface area contributed by atoms with E-state index in [9.17, 15) is 18.0 Å². The minimum atomic E-state index is -4.86. The van der Waals surface area contributed by atoms with Crippen molar-refractivity contribution in [2.24, 2.45) is 0 Å². The number of carbonyl (C=O) groups excluding carboxylic acids is 1. The first kappa shape index (κ1) is 21.5. The number of Topliss-reactive ketones (excluding diaryl/α,β-unsaturated/α-hetero) is 1. The summed E-state index contributed by atoms with van der Waals surface area (Å²) in [5.41, 5.74) is 6.20. The molecule has 0 aliphatic heterocycles. The Morgan fingerprint density at radius 1 is 1.14 bits per heavy atom. The van der Waals surface area contributed by atoms with E-state index in [2.05, 4.69) is 22.7 Å². The van der Waals surface area contributed by atoms with Gasteiger partial charge < -0.3 is 5.73 Å². The Morgan fingerprint density at radius 3 is 2.31 bits per heavy atom. The van der Waals surface area contributed by atoms with E-state index in [1.807, 2.05) is 0 Å². The Morgan fingerprint density at radius 2 is 1.79 bits per heavy atom. The van der Waals surface area contributed by atoms with Gasteiger partial charge in [-0.15, -0.1) is 0 Å². The van der Waals surface area contributed by atoms with E-state index in [-0.39, 0.29) is 26.9 Å². The number of nitrogens with two attached hydrogens (primary N) is 1. The van der Waals surface area contributed by atoms with Crippen LogP contribution in [0, 0.1) is 0 Å². The summed E-state index contributed by atoms with van der Waals surface area (Å²) in [6.45, 7) is 0. The van der Waals surface area contributed by atoms with Crippen molar-refractivity contribution in [3.63, 3.8) is 0 Å². The third-order valence-electron chi connectivity index (χ3n) is 4.24. The van der Waals surface area contributed by atoms with Crippen molar-refractivity contribution in [3.8, 4) is 5.69 Å². The summed E-state index contributed by atoms with van der Waals surface area (Å²) in [7, 11) is 0. The van der Waals surface area contributed by atoms with Gasteiger partial charge in [0.05, 0.1) is 11.4 Å². The van der Waals surface area contributed by atoms with Gasteiger partial charge in [0.2, 0.25) is 0 Å². The van der Waals surface area contributed by atoms with E-state index in [4.69, 9.17) is 28.9 Å². The lowest BCUT2D eigenvalue weighted by atomic mass is 9.89. The average molecular weight is 461 g/mol. The second-order valence-corrected chi connectivity index (χ2v) is 7.87. The molecule has 0 spiro atoms. The zero-order valence-corrected chi connectivity index (χ0v) is 16.9. The first-order valence-electron chi connectivity index (χ1n) is 8.04. The Hall–Kier alpha value is -2.23. The molecule has 5 nitrogen and oxygen atoms in total. The maximum atomic E-state index is 13.9. The Labute approximate surface area is 179 Å². The molecule has 1 aromatic heterocycles. The van der Waals surface area contributed by atoms with Crippen molar-refractivity contribution in [2.45, 2.75) is 17.3 Å². The number of aromatic nitrogens is 3. The van der Waals surface area contributed by atoms with Crippen molar-refractivity contribution >= 4 is 47.3 Å². The molecule has 0 bridgehead atoms. The molecule has 1 unspecified atom stereocenters. The monoisotopic (exact) mass is 460 g/mol. The molecule has 152 valence electrons. The zero-order valence-electron chi connectivity index (χ0n) is 14.5. The maximum absolute atomic E-state index is 13.9. The van der Waals surface area contributed by atoms with Crippen LogP contribution in [0.5, 0.6) is 0 Å². The summed E-state index contributed by atoms with van der Waals surface area (Å²) < 4.78 is 40.3. The maximum Gasteiger partial charge on any atom is 0.407 e. The first-order valence-corrected chi connectivity index (χ1v) is 9.25. The quantitative estimate of drug-likeness (QED) is 0.315. The Balaban J connectivity index is 1.96. The van der Waals surface area contributed by atoms with Gasteiger partial charge in [-0.3, -0.25) is 4.79 Å². The highest BCUT2D eigenvalue weighted by Crippen LogP contribution is 2.48. The normalized spacial score (nSPS) is 13.9. The molecule has 1 heterocycles. The number of carbonyl (C=O) groups is 1. The van der Waals surface area contributed by atoms with Crippen LogP contribution in [0.1, 0.15) is 22.3 Å². The zero-order chi connectivity index (χ0) is 21.4. The molecule has 3 rings (SSSR count). The standard InChI is InChI=1S/C18H13Cl2F3N4OS/c19-12-4-11(5-13(20)6-12)17(29,18(21,22)23)7-16(28)10-1-2-15(14(24)3-10)27-9-25-8-26-27/h1-6,8-9,29H,7,24H2. The lowest BCUT2D eigenvalue weighted by Gasteiger charge is -2.31. The number of thiol groups is 1. The van der Waals surface area contributed by atoms with E-state index in [1.165, 1.54) is 41.6 Å². The van der Waals surface area contributed by atoms with Crippen molar-refractivity contribution in [1.82, 2.24) is 14.8 Å². The molecule has 0 fully saturated rings. The SMILES string of the molecule is Nc1cc(C(=O)CC(S)(c2cc(Cl)cc(Cl)c2)C(F)(F)F)ccc1-n1cncn1. The fraction of sp³-hybridized carbons (Fsp3) is 0.167. The van der Waals surface area contributed by atoms with Crippen LogP contribution in [0.2, 0.25) is 10.0 Å². The number of hydrogen-bond donors (Lipinski definition) is 2. The van der Waals surface area contributed by atoms with Crippen LogP contribution in [-0.2, 0) is 4.75 Å². The molecular weight excluding hydrogens is 448 g/mol. The summed E-state index contributed by atoms with van der Waals surface area (Å²) in [5, 5.41) is 3.93. The largest absolute Gasteiger partial charge is 0.407 e. The van der Waals surface area contributed by atoms with Crippen LogP contribution >= 0.6 is 35.8 Å². The molecule has 29 heavy (non-hydrogen) atoms. The van der Waals surface area contributed by atoms with Gasteiger partial charge in [-0.25, -0.2) is 9.67 Å². The van der Waals surface area contributed by atoms with Crippen LogP contribution < -0.4 is 5.73 Å². The molecule has 2 N–H and O–H groups in total. The van der Waals surface area contributed by atoms with E-state index in [1.54, 1.807) is 0 Å². The molecule has 0 radical (unpaired) electrons. The van der Waals surface area contributed by atoms with Gasteiger partial charge in [0, 0.05) is 22.0 Å². The van der Waals surface area contributed by atoms with Crippen molar-refractivity contribution in [2.75, 3.05) is 5.73 Å². The van der Waals surface area contributed by atoms with Gasteiger partial charge in [-0.2, -0.15) is 30.9 Å². The summed E-state index contributed by atoms with van der Waals surface area (Å²) in [6.07, 6.45) is -3.13. The molecule has 0 aliphatic rings. The van der Waals surface area contributed by atoms with E-state index in [0.717, 1.165) is 12.1 Å². The molecule has 0 saturated carbocycles. The van der Waals surface area contributed by atoms with Crippen LogP contribution in [0.4, 0.5) is 18.9 Å². The molecular formula is C18H13Cl2F3N4OS. The molecule has 2 aromatic carbocycles. The predicted octanol–water partition coefficient (Wildman–Crippen LogP) is 5.12. The Bertz CT molecular complexity index is 1040. The number of halogens is 5. The summed E-state index contributed by atoms with van der Waals surface area (Å²) >= 11 is 15.5. The smallest absolute Gasteiger partial charge is 0.397 e. The minimum Gasteiger partial charge on any atom is -0.397 e. The highest BCUT2D eigenvalue weighted by molar-refractivity contribution is 7.81. The highest BCUT2D eigenvalue weighted by Gasteiger charge is 2.54. The number of nitrogen functional groups attached to an aromatic ring is 1. The molecule has 1 atom stereocenters. The van der Waals surface area contributed by atoms with Crippen LogP contribution in [0.3, 0.4) is 0 Å². The topological polar surface area (TPSA) is 73.8 Å². The predicted molar refractivity (Wildman–Crippen MR) is 108 cm³/mol. The van der Waals surface area contributed by atoms with Crippen molar-refractivity contribution < 1.29 is 18.0 Å². The molecule has 0 saturated heterocycles. The summed E-state index contributed by atoms with van der Waals surface area (Å²) in [5.74, 6) is -0.801. The number of anilines is 1. The van der Waals surface area contributed by atoms with Gasteiger partial charge in [-0.05, 0) is 42.0 Å². The van der Waals surface area contributed by atoms with Gasteiger partial charge in [0.1, 0.15) is 17.4 Å². The molecule has 11 heteroatoms. The van der Waals surface area contributed by atoms with Crippen LogP contribution in [-0.4, -0.2) is 26.7 Å². The number of ketones is 1. The number of alkyl halides is 3. The van der Waals surface area contributed by atoms with Gasteiger partial charge in [-0.1, -0.05) is 23.2 Å². The Kier molecular flexibility index (Phi) is 5.84. The number of benzene rings is 2. The first-order chi connectivity index (χ1) is 13.5. The van der Waals surface area contributed by atoms with Crippen LogP contribution in [0.15, 0.2) is 49.1 Å². The third-order valence-corrected chi connectivity index (χ3v) is 5.35. The number of nitrogens with zero attached hydrogens (tertiary/aromatic N) is 3. The fourth-order valence-electron chi connectivity index (χ4n) is 2.76. The number of rotatable bonds is 5. The highest BCUT2D eigenvalue weighted by atomic mass is 35.5. The minimum absolute atomic E-state index is 0.00200. The van der Waals surface area contributed by atoms with E-state index in [0.29, 0.717) is 5.69 Å². The van der Waals surface area contributed by atoms with Gasteiger partial charge in [0.15, 0.2) is 5.78 Å². The average Bonchev–Trinajstić information content (AvgIpc) is 3.14. The van der Waals surface area contributed by atoms with E-state index >= 15 is 0 Å². The van der Waals surface area contributed by atoms with Crippen molar-refractivity contribution in [1.29, 1.82) is 0 Å². The van der Waals surface area contributed by atoms with E-state index < -0.39 is 23.1 Å². The van der Waals surface area contributed by atoms with Crippen molar-refractivity contribution in [3.05, 3.63) is 70.2 Å². The lowest BCUT2D eigenvalue weighted by Crippen LogP contribution is -2.39. The third kappa shape index (κ3) is 4.36.